The fraction of sp³-hybridized carbons (Fsp3) is 0.300. The van der Waals surface area contributed by atoms with Crippen LogP contribution in [-0.4, -0.2) is 14.4 Å². The molecule has 0 amide bonds. The standard InChI is InChI=1S/C10H11N3O/c1-6-4-7(2)13-9(8(6)3)11-5-12-10(13)14/h4-5H,1-3H3. The zero-order valence-corrected chi connectivity index (χ0v) is 8.40. The van der Waals surface area contributed by atoms with Gasteiger partial charge in [0.15, 0.2) is 0 Å². The van der Waals surface area contributed by atoms with E-state index in [-0.39, 0.29) is 5.69 Å². The van der Waals surface area contributed by atoms with Crippen LogP contribution in [0.3, 0.4) is 0 Å². The second-order valence-corrected chi connectivity index (χ2v) is 3.41. The molecule has 0 aliphatic carbocycles. The summed E-state index contributed by atoms with van der Waals surface area (Å²) in [6.07, 6.45) is 1.31. The quantitative estimate of drug-likeness (QED) is 0.621. The van der Waals surface area contributed by atoms with Crippen LogP contribution in [0.5, 0.6) is 0 Å². The van der Waals surface area contributed by atoms with E-state index in [9.17, 15) is 4.79 Å². The Morgan fingerprint density at radius 2 is 1.93 bits per heavy atom. The number of hydrogen-bond acceptors (Lipinski definition) is 3. The monoisotopic (exact) mass is 189 g/mol. The highest BCUT2D eigenvalue weighted by molar-refractivity contribution is 5.51. The minimum atomic E-state index is -0.268. The highest BCUT2D eigenvalue weighted by Gasteiger charge is 2.06. The van der Waals surface area contributed by atoms with Crippen LogP contribution in [0.15, 0.2) is 17.2 Å². The summed E-state index contributed by atoms with van der Waals surface area (Å²) >= 11 is 0. The Morgan fingerprint density at radius 1 is 1.21 bits per heavy atom. The Labute approximate surface area is 81.3 Å². The fourth-order valence-corrected chi connectivity index (χ4v) is 1.58. The lowest BCUT2D eigenvalue weighted by molar-refractivity contribution is 0.897. The number of aryl methyl sites for hydroxylation is 3. The maximum atomic E-state index is 11.5. The van der Waals surface area contributed by atoms with E-state index in [1.54, 1.807) is 0 Å². The lowest BCUT2D eigenvalue weighted by Gasteiger charge is -2.08. The van der Waals surface area contributed by atoms with Crippen molar-refractivity contribution in [2.75, 3.05) is 0 Å². The highest BCUT2D eigenvalue weighted by atomic mass is 16.1. The second kappa shape index (κ2) is 2.90. The predicted octanol–water partition coefficient (Wildman–Crippen LogP) is 1.01. The van der Waals surface area contributed by atoms with Crippen molar-refractivity contribution in [2.24, 2.45) is 0 Å². The Balaban J connectivity index is 3.10. The Bertz CT molecular complexity index is 557. The molecule has 0 radical (unpaired) electrons. The molecule has 0 aromatic carbocycles. The first-order valence-corrected chi connectivity index (χ1v) is 4.42. The van der Waals surface area contributed by atoms with Gasteiger partial charge in [-0.1, -0.05) is 0 Å². The van der Waals surface area contributed by atoms with Gasteiger partial charge in [0, 0.05) is 5.69 Å². The van der Waals surface area contributed by atoms with Crippen LogP contribution in [0.2, 0.25) is 0 Å². The minimum absolute atomic E-state index is 0.268. The van der Waals surface area contributed by atoms with Gasteiger partial charge in [-0.25, -0.2) is 14.2 Å². The van der Waals surface area contributed by atoms with E-state index in [4.69, 9.17) is 0 Å². The average molecular weight is 189 g/mol. The Morgan fingerprint density at radius 3 is 2.64 bits per heavy atom. The number of aromatic nitrogens is 3. The van der Waals surface area contributed by atoms with Gasteiger partial charge in [-0.2, -0.15) is 4.98 Å². The topological polar surface area (TPSA) is 47.3 Å². The molecule has 0 aliphatic rings. The summed E-state index contributed by atoms with van der Waals surface area (Å²) in [5.41, 5.74) is 3.46. The lowest BCUT2D eigenvalue weighted by atomic mass is 10.1. The smallest absolute Gasteiger partial charge is 0.248 e. The average Bonchev–Trinajstić information content (AvgIpc) is 2.14. The highest BCUT2D eigenvalue weighted by Crippen LogP contribution is 2.12. The Kier molecular flexibility index (Phi) is 1.84. The maximum absolute atomic E-state index is 11.5. The fourth-order valence-electron chi connectivity index (χ4n) is 1.58. The molecule has 14 heavy (non-hydrogen) atoms. The van der Waals surface area contributed by atoms with Crippen LogP contribution >= 0.6 is 0 Å². The van der Waals surface area contributed by atoms with Crippen LogP contribution in [0.1, 0.15) is 16.8 Å². The van der Waals surface area contributed by atoms with Crippen LogP contribution in [0, 0.1) is 20.8 Å². The molecule has 2 rings (SSSR count). The van der Waals surface area contributed by atoms with Crippen molar-refractivity contribution in [3.63, 3.8) is 0 Å². The summed E-state index contributed by atoms with van der Waals surface area (Å²) in [6, 6.07) is 1.97. The molecule has 0 atom stereocenters. The lowest BCUT2D eigenvalue weighted by Crippen LogP contribution is -2.20. The van der Waals surface area contributed by atoms with Crippen molar-refractivity contribution in [1.29, 1.82) is 0 Å². The van der Waals surface area contributed by atoms with Gasteiger partial charge in [0.05, 0.1) is 0 Å². The van der Waals surface area contributed by atoms with Gasteiger partial charge in [0.2, 0.25) is 0 Å². The molecule has 4 nitrogen and oxygen atoms in total. The van der Waals surface area contributed by atoms with E-state index in [0.29, 0.717) is 5.65 Å². The molecule has 0 fully saturated rings. The summed E-state index contributed by atoms with van der Waals surface area (Å²) in [6.45, 7) is 5.84. The number of pyridine rings is 1. The van der Waals surface area contributed by atoms with Crippen LogP contribution in [-0.2, 0) is 0 Å². The molecule has 72 valence electrons. The molecule has 2 aromatic heterocycles. The molecule has 2 aromatic rings. The summed E-state index contributed by atoms with van der Waals surface area (Å²) < 4.78 is 1.53. The third kappa shape index (κ3) is 1.11. The van der Waals surface area contributed by atoms with E-state index in [0.717, 1.165) is 16.8 Å². The zero-order chi connectivity index (χ0) is 10.3. The van der Waals surface area contributed by atoms with Gasteiger partial charge < -0.3 is 0 Å². The summed E-state index contributed by atoms with van der Waals surface area (Å²) in [5, 5.41) is 0. The van der Waals surface area contributed by atoms with Gasteiger partial charge >= 0.3 is 5.69 Å². The molecule has 0 bridgehead atoms. The first-order valence-electron chi connectivity index (χ1n) is 4.42. The molecule has 0 spiro atoms. The third-order valence-electron chi connectivity index (χ3n) is 2.46. The number of hydrogen-bond donors (Lipinski definition) is 0. The third-order valence-corrected chi connectivity index (χ3v) is 2.46. The van der Waals surface area contributed by atoms with E-state index >= 15 is 0 Å². The molecule has 0 saturated heterocycles. The van der Waals surface area contributed by atoms with Gasteiger partial charge in [-0.05, 0) is 38.0 Å². The van der Waals surface area contributed by atoms with E-state index in [2.05, 4.69) is 9.97 Å². The largest absolute Gasteiger partial charge is 0.355 e. The Hall–Kier alpha value is -1.71. The van der Waals surface area contributed by atoms with Crippen molar-refractivity contribution < 1.29 is 0 Å². The van der Waals surface area contributed by atoms with Crippen LogP contribution in [0.4, 0.5) is 0 Å². The van der Waals surface area contributed by atoms with Gasteiger partial charge in [-0.3, -0.25) is 0 Å². The zero-order valence-electron chi connectivity index (χ0n) is 8.40. The number of nitrogens with zero attached hydrogens (tertiary/aromatic N) is 3. The summed E-state index contributed by atoms with van der Waals surface area (Å²) in [5.74, 6) is 0. The first kappa shape index (κ1) is 8.87. The first-order chi connectivity index (χ1) is 6.61. The van der Waals surface area contributed by atoms with Crippen LogP contribution in [0.25, 0.3) is 5.65 Å². The van der Waals surface area contributed by atoms with Crippen LogP contribution < -0.4 is 5.69 Å². The van der Waals surface area contributed by atoms with Crippen molar-refractivity contribution in [1.82, 2.24) is 14.4 Å². The molecule has 0 N–H and O–H groups in total. The normalized spacial score (nSPS) is 10.8. The SMILES string of the molecule is Cc1cc(C)n2c(=O)ncnc2c1C. The van der Waals surface area contributed by atoms with E-state index < -0.39 is 0 Å². The summed E-state index contributed by atoms with van der Waals surface area (Å²) in [4.78, 5) is 19.2. The molecule has 4 heteroatoms. The predicted molar refractivity (Wildman–Crippen MR) is 53.5 cm³/mol. The van der Waals surface area contributed by atoms with Gasteiger partial charge in [-0.15, -0.1) is 0 Å². The number of fused-ring (bicyclic) bond motifs is 1. The minimum Gasteiger partial charge on any atom is -0.248 e. The maximum Gasteiger partial charge on any atom is 0.355 e. The van der Waals surface area contributed by atoms with Crippen molar-refractivity contribution in [3.05, 3.63) is 39.7 Å². The van der Waals surface area contributed by atoms with E-state index in [1.165, 1.54) is 10.7 Å². The molecular formula is C10H11N3O. The molecule has 2 heterocycles. The van der Waals surface area contributed by atoms with Gasteiger partial charge in [0.25, 0.3) is 0 Å². The van der Waals surface area contributed by atoms with Crippen molar-refractivity contribution in [2.45, 2.75) is 20.8 Å². The van der Waals surface area contributed by atoms with Crippen molar-refractivity contribution in [3.8, 4) is 0 Å². The summed E-state index contributed by atoms with van der Waals surface area (Å²) in [7, 11) is 0. The molecular weight excluding hydrogens is 178 g/mol. The molecule has 0 aliphatic heterocycles. The number of rotatable bonds is 0. The second-order valence-electron chi connectivity index (χ2n) is 3.41. The molecule has 0 saturated carbocycles. The van der Waals surface area contributed by atoms with Gasteiger partial charge in [0.1, 0.15) is 12.0 Å². The molecule has 0 unspecified atom stereocenters. The van der Waals surface area contributed by atoms with E-state index in [1.807, 2.05) is 26.8 Å². The van der Waals surface area contributed by atoms with Crippen molar-refractivity contribution >= 4 is 5.65 Å².